The van der Waals surface area contributed by atoms with E-state index in [2.05, 4.69) is 60.4 Å². The van der Waals surface area contributed by atoms with E-state index in [1.165, 1.54) is 29.9 Å². The van der Waals surface area contributed by atoms with Gasteiger partial charge in [0.25, 0.3) is 0 Å². The minimum atomic E-state index is -0.425. The number of pyridine rings is 1. The fourth-order valence-electron chi connectivity index (χ4n) is 6.18. The first kappa shape index (κ1) is 37.1. The normalized spacial score (nSPS) is 11.4. The summed E-state index contributed by atoms with van der Waals surface area (Å²) in [7, 11) is 1.45. The summed E-state index contributed by atoms with van der Waals surface area (Å²) in [5.41, 5.74) is 13.5. The maximum absolute atomic E-state index is 13.0. The largest absolute Gasteiger partial charge is 0.504 e. The number of aliphatic hydroxyl groups excluding tert-OH is 1. The number of nitrogens with zero attached hydrogens (tertiary/aromatic N) is 1. The van der Waals surface area contributed by atoms with Crippen LogP contribution in [0.3, 0.4) is 0 Å². The number of methoxy groups -OCH3 is 1. The summed E-state index contributed by atoms with van der Waals surface area (Å²) in [6.07, 6.45) is 12.2. The highest BCUT2D eigenvalue weighted by Crippen LogP contribution is 2.35. The van der Waals surface area contributed by atoms with Crippen molar-refractivity contribution < 1.29 is 24.5 Å². The zero-order valence-corrected chi connectivity index (χ0v) is 28.9. The minimum absolute atomic E-state index is 0.0552. The summed E-state index contributed by atoms with van der Waals surface area (Å²) in [5, 5.41) is 21.1. The molecule has 0 bridgehead atoms. The lowest BCUT2D eigenvalue weighted by atomic mass is 9.91. The third-order valence-corrected chi connectivity index (χ3v) is 8.89. The van der Waals surface area contributed by atoms with Crippen LogP contribution in [0.15, 0.2) is 85.1 Å². The number of aromatic hydroxyl groups is 1. The van der Waals surface area contributed by atoms with Gasteiger partial charge in [-0.1, -0.05) is 87.2 Å². The number of aliphatic hydroxyl groups is 1. The Labute approximate surface area is 290 Å². The molecule has 1 aromatic heterocycles. The molecule has 0 amide bonds. The zero-order chi connectivity index (χ0) is 35.0. The quantitative estimate of drug-likeness (QED) is 0.0501. The molecule has 4 rings (SSSR count). The number of nitrogens with two attached hydrogens (primary N) is 1. The number of carbonyl (C=O) groups excluding carboxylic acids is 2. The summed E-state index contributed by atoms with van der Waals surface area (Å²) in [6, 6.07) is 24.3. The van der Waals surface area contributed by atoms with Crippen molar-refractivity contribution in [3.8, 4) is 11.5 Å². The number of Topliss-reactive ketones (excluding diaryl/α,β-unsaturated/α-hetero) is 1. The standard InChI is InChI=1S/C42H50N2O5/c1-3-4-5-6-10-16-37(46)26-38(47)23-36(29-45)39-27-41(49-2)40(48)24-34(39)22-35-28-44-42(43)25-33(35)20-19-32-15-11-14-31(21-32)18-17-30-12-8-7-9-13-30/h7-9,11-15,21,23-25,27-28,45,48H,3-6,10,16-20,22,26,29H2,1-2H3,(H2,43,44). The summed E-state index contributed by atoms with van der Waals surface area (Å²) in [5.74, 6) is 0.126. The van der Waals surface area contributed by atoms with E-state index in [0.717, 1.165) is 68.9 Å². The first-order chi connectivity index (χ1) is 23.8. The number of rotatable bonds is 20. The van der Waals surface area contributed by atoms with Crippen molar-refractivity contribution in [1.82, 2.24) is 4.98 Å². The molecule has 49 heavy (non-hydrogen) atoms. The van der Waals surface area contributed by atoms with Crippen molar-refractivity contribution in [3.05, 3.63) is 124 Å². The van der Waals surface area contributed by atoms with Crippen LogP contribution in [0.2, 0.25) is 0 Å². The monoisotopic (exact) mass is 662 g/mol. The number of hydrogen-bond donors (Lipinski definition) is 3. The fraction of sp³-hybridized carbons (Fsp3) is 0.357. The van der Waals surface area contributed by atoms with Crippen molar-refractivity contribution >= 4 is 23.0 Å². The summed E-state index contributed by atoms with van der Waals surface area (Å²) < 4.78 is 5.38. The number of phenols is 1. The number of carbonyl (C=O) groups is 2. The molecule has 0 fully saturated rings. The van der Waals surface area contributed by atoms with Gasteiger partial charge < -0.3 is 20.7 Å². The van der Waals surface area contributed by atoms with E-state index in [1.54, 1.807) is 18.3 Å². The Hall–Kier alpha value is -4.75. The van der Waals surface area contributed by atoms with Gasteiger partial charge >= 0.3 is 0 Å². The van der Waals surface area contributed by atoms with E-state index >= 15 is 0 Å². The van der Waals surface area contributed by atoms with Gasteiger partial charge in [0.15, 0.2) is 17.3 Å². The predicted octanol–water partition coefficient (Wildman–Crippen LogP) is 7.80. The summed E-state index contributed by atoms with van der Waals surface area (Å²) in [6.45, 7) is 1.72. The predicted molar refractivity (Wildman–Crippen MR) is 197 cm³/mol. The highest BCUT2D eigenvalue weighted by Gasteiger charge is 2.18. The summed E-state index contributed by atoms with van der Waals surface area (Å²) in [4.78, 5) is 29.8. The van der Waals surface area contributed by atoms with E-state index in [-0.39, 0.29) is 29.5 Å². The first-order valence-corrected chi connectivity index (χ1v) is 17.4. The summed E-state index contributed by atoms with van der Waals surface area (Å²) >= 11 is 0. The van der Waals surface area contributed by atoms with Crippen molar-refractivity contribution in [2.24, 2.45) is 0 Å². The molecule has 0 atom stereocenters. The molecule has 0 unspecified atom stereocenters. The Morgan fingerprint density at radius 1 is 0.816 bits per heavy atom. The van der Waals surface area contributed by atoms with Gasteiger partial charge in [-0.15, -0.1) is 0 Å². The molecule has 1 heterocycles. The lowest BCUT2D eigenvalue weighted by Crippen LogP contribution is -2.08. The maximum Gasteiger partial charge on any atom is 0.163 e. The van der Waals surface area contributed by atoms with E-state index in [0.29, 0.717) is 35.4 Å². The van der Waals surface area contributed by atoms with Crippen molar-refractivity contribution in [1.29, 1.82) is 0 Å². The molecule has 0 saturated carbocycles. The lowest BCUT2D eigenvalue weighted by molar-refractivity contribution is -0.124. The number of aromatic nitrogens is 1. The Balaban J connectivity index is 1.51. The number of anilines is 1. The number of phenolic OH excluding ortho intramolecular Hbond substituents is 1. The highest BCUT2D eigenvalue weighted by molar-refractivity contribution is 6.07. The average Bonchev–Trinajstić information content (AvgIpc) is 3.10. The van der Waals surface area contributed by atoms with Crippen LogP contribution >= 0.6 is 0 Å². The smallest absolute Gasteiger partial charge is 0.163 e. The van der Waals surface area contributed by atoms with Gasteiger partial charge in [0, 0.05) is 12.6 Å². The number of allylic oxidation sites excluding steroid dienone is 1. The van der Waals surface area contributed by atoms with Crippen LogP contribution < -0.4 is 10.5 Å². The van der Waals surface area contributed by atoms with E-state index in [1.807, 2.05) is 12.1 Å². The molecule has 0 aliphatic rings. The van der Waals surface area contributed by atoms with Gasteiger partial charge in [-0.25, -0.2) is 4.98 Å². The molecule has 4 N–H and O–H groups in total. The molecule has 0 saturated heterocycles. The molecule has 258 valence electrons. The number of ether oxygens (including phenoxy) is 1. The van der Waals surface area contributed by atoms with Crippen LogP contribution in [-0.2, 0) is 41.7 Å². The van der Waals surface area contributed by atoms with Crippen LogP contribution in [0.4, 0.5) is 5.82 Å². The third-order valence-electron chi connectivity index (χ3n) is 8.89. The second-order valence-electron chi connectivity index (χ2n) is 12.7. The number of unbranched alkanes of at least 4 members (excludes halogenated alkanes) is 4. The molecule has 7 heteroatoms. The lowest BCUT2D eigenvalue weighted by Gasteiger charge is -2.17. The van der Waals surface area contributed by atoms with Gasteiger partial charge in [-0.05, 0) is 107 Å². The third kappa shape index (κ3) is 11.7. The SMILES string of the molecule is CCCCCCCC(=O)CC(=O)C=C(CO)c1cc(OC)c(O)cc1Cc1cnc(N)cc1CCc1cccc(CCc2ccccc2)c1. The molecule has 0 aliphatic heterocycles. The Morgan fingerprint density at radius 2 is 1.51 bits per heavy atom. The van der Waals surface area contributed by atoms with Crippen LogP contribution in [0, 0.1) is 0 Å². The molecular weight excluding hydrogens is 612 g/mol. The fourth-order valence-corrected chi connectivity index (χ4v) is 6.18. The first-order valence-electron chi connectivity index (χ1n) is 17.4. The second-order valence-corrected chi connectivity index (χ2v) is 12.7. The number of nitrogen functional groups attached to an aromatic ring is 1. The molecule has 4 aromatic rings. The molecule has 0 radical (unpaired) electrons. The molecule has 7 nitrogen and oxygen atoms in total. The number of hydrogen-bond acceptors (Lipinski definition) is 7. The van der Waals surface area contributed by atoms with Crippen molar-refractivity contribution in [2.45, 2.75) is 84.0 Å². The van der Waals surface area contributed by atoms with Crippen LogP contribution in [0.1, 0.15) is 90.8 Å². The minimum Gasteiger partial charge on any atom is -0.504 e. The van der Waals surface area contributed by atoms with Gasteiger partial charge in [-0.3, -0.25) is 9.59 Å². The molecule has 0 aliphatic carbocycles. The average molecular weight is 663 g/mol. The van der Waals surface area contributed by atoms with Crippen LogP contribution in [0.5, 0.6) is 11.5 Å². The van der Waals surface area contributed by atoms with Crippen molar-refractivity contribution in [2.75, 3.05) is 19.5 Å². The van der Waals surface area contributed by atoms with E-state index in [4.69, 9.17) is 10.5 Å². The van der Waals surface area contributed by atoms with Crippen molar-refractivity contribution in [3.63, 3.8) is 0 Å². The van der Waals surface area contributed by atoms with E-state index < -0.39 is 6.61 Å². The van der Waals surface area contributed by atoms with E-state index in [9.17, 15) is 19.8 Å². The number of ketones is 2. The second kappa shape index (κ2) is 19.3. The molecular formula is C42H50N2O5. The molecule has 0 spiro atoms. The topological polar surface area (TPSA) is 123 Å². The zero-order valence-electron chi connectivity index (χ0n) is 28.9. The maximum atomic E-state index is 13.0. The van der Waals surface area contributed by atoms with Gasteiger partial charge in [-0.2, -0.15) is 0 Å². The highest BCUT2D eigenvalue weighted by atomic mass is 16.5. The number of aryl methyl sites for hydroxylation is 4. The van der Waals surface area contributed by atoms with Crippen LogP contribution in [0.25, 0.3) is 5.57 Å². The Bertz CT molecular complexity index is 1710. The Morgan fingerprint density at radius 3 is 2.22 bits per heavy atom. The number of benzene rings is 3. The van der Waals surface area contributed by atoms with Crippen LogP contribution in [-0.4, -0.2) is 40.5 Å². The van der Waals surface area contributed by atoms with Gasteiger partial charge in [0.1, 0.15) is 11.6 Å². The van der Waals surface area contributed by atoms with Gasteiger partial charge in [0.05, 0.1) is 20.1 Å². The molecule has 3 aromatic carbocycles. The van der Waals surface area contributed by atoms with Gasteiger partial charge in [0.2, 0.25) is 0 Å². The Kier molecular flexibility index (Phi) is 14.6.